The van der Waals surface area contributed by atoms with E-state index in [9.17, 15) is 0 Å². The Morgan fingerprint density at radius 2 is 2.19 bits per heavy atom. The van der Waals surface area contributed by atoms with Crippen molar-refractivity contribution in [2.24, 2.45) is 7.05 Å². The largest absolute Gasteiger partial charge is 0.308 e. The van der Waals surface area contributed by atoms with E-state index >= 15 is 0 Å². The van der Waals surface area contributed by atoms with Crippen molar-refractivity contribution in [2.75, 3.05) is 27.2 Å². The maximum absolute atomic E-state index is 6.38. The summed E-state index contributed by atoms with van der Waals surface area (Å²) in [5, 5.41) is 13.0. The first-order valence-electron chi connectivity index (χ1n) is 7.11. The smallest absolute Gasteiger partial charge is 0.0955 e. The molecule has 1 N–H and O–H groups in total. The monoisotopic (exact) mass is 310 g/mol. The molecule has 0 amide bonds. The van der Waals surface area contributed by atoms with Gasteiger partial charge in [0.1, 0.15) is 0 Å². The molecule has 2 aromatic heterocycles. The van der Waals surface area contributed by atoms with Crippen molar-refractivity contribution in [3.63, 3.8) is 0 Å². The molecule has 2 aromatic rings. The summed E-state index contributed by atoms with van der Waals surface area (Å²) < 4.78 is 3.76. The molecule has 0 aliphatic heterocycles. The molecule has 0 aliphatic carbocycles. The first-order chi connectivity index (χ1) is 10.0. The Labute approximate surface area is 130 Å². The highest BCUT2D eigenvalue weighted by molar-refractivity contribution is 6.31. The van der Waals surface area contributed by atoms with E-state index in [0.717, 1.165) is 31.0 Å². The van der Waals surface area contributed by atoms with Crippen LogP contribution in [0, 0.1) is 0 Å². The topological polar surface area (TPSA) is 50.9 Å². The first kappa shape index (κ1) is 16.0. The second-order valence-electron chi connectivity index (χ2n) is 5.31. The number of rotatable bonds is 7. The summed E-state index contributed by atoms with van der Waals surface area (Å²) in [6.07, 6.45) is 3.65. The van der Waals surface area contributed by atoms with Gasteiger partial charge in [-0.2, -0.15) is 10.2 Å². The minimum absolute atomic E-state index is 0.0478. The lowest BCUT2D eigenvalue weighted by molar-refractivity contribution is 0.365. The van der Waals surface area contributed by atoms with Gasteiger partial charge in [0.05, 0.1) is 35.2 Å². The molecule has 1 atom stereocenters. The minimum atomic E-state index is -0.0478. The summed E-state index contributed by atoms with van der Waals surface area (Å²) in [6.45, 7) is 4.61. The molecular weight excluding hydrogens is 288 g/mol. The Balaban J connectivity index is 2.33. The molecule has 0 aromatic carbocycles. The van der Waals surface area contributed by atoms with E-state index in [1.165, 1.54) is 0 Å². The van der Waals surface area contributed by atoms with Crippen LogP contribution in [-0.4, -0.2) is 51.6 Å². The quantitative estimate of drug-likeness (QED) is 0.842. The average molecular weight is 311 g/mol. The van der Waals surface area contributed by atoms with Gasteiger partial charge in [-0.3, -0.25) is 9.36 Å². The van der Waals surface area contributed by atoms with E-state index in [1.54, 1.807) is 10.9 Å². The van der Waals surface area contributed by atoms with Gasteiger partial charge in [-0.15, -0.1) is 0 Å². The third-order valence-corrected chi connectivity index (χ3v) is 3.60. The number of likely N-dealkylation sites (N-methyl/N-ethyl adjacent to an activating group) is 1. The number of nitrogens with zero attached hydrogens (tertiary/aromatic N) is 5. The van der Waals surface area contributed by atoms with Gasteiger partial charge in [-0.1, -0.05) is 18.5 Å². The van der Waals surface area contributed by atoms with Crippen LogP contribution >= 0.6 is 11.6 Å². The van der Waals surface area contributed by atoms with Gasteiger partial charge in [0.15, 0.2) is 0 Å². The van der Waals surface area contributed by atoms with Crippen LogP contribution in [0.5, 0.6) is 0 Å². The van der Waals surface area contributed by atoms with Crippen molar-refractivity contribution in [3.8, 4) is 0 Å². The fourth-order valence-corrected chi connectivity index (χ4v) is 2.51. The van der Waals surface area contributed by atoms with Crippen LogP contribution in [0.15, 0.2) is 18.5 Å². The van der Waals surface area contributed by atoms with Crippen molar-refractivity contribution in [1.82, 2.24) is 29.8 Å². The van der Waals surface area contributed by atoms with Crippen molar-refractivity contribution >= 4 is 11.6 Å². The lowest BCUT2D eigenvalue weighted by atomic mass is 10.1. The van der Waals surface area contributed by atoms with Crippen LogP contribution in [0.25, 0.3) is 0 Å². The predicted molar refractivity (Wildman–Crippen MR) is 84.5 cm³/mol. The van der Waals surface area contributed by atoms with Crippen LogP contribution in [0.1, 0.15) is 24.4 Å². The van der Waals surface area contributed by atoms with Crippen molar-refractivity contribution in [2.45, 2.75) is 19.5 Å². The van der Waals surface area contributed by atoms with E-state index in [0.29, 0.717) is 5.02 Å². The van der Waals surface area contributed by atoms with Crippen LogP contribution < -0.4 is 5.32 Å². The number of aromatic nitrogens is 4. The van der Waals surface area contributed by atoms with Crippen LogP contribution in [0.4, 0.5) is 0 Å². The third kappa shape index (κ3) is 3.84. The fraction of sp³-hybridized carbons (Fsp3) is 0.571. The van der Waals surface area contributed by atoms with Crippen molar-refractivity contribution in [3.05, 3.63) is 34.9 Å². The zero-order chi connectivity index (χ0) is 15.4. The average Bonchev–Trinajstić information content (AvgIpc) is 3.00. The Bertz CT molecular complexity index is 574. The van der Waals surface area contributed by atoms with E-state index in [1.807, 2.05) is 38.1 Å². The Morgan fingerprint density at radius 1 is 1.43 bits per heavy atom. The molecule has 2 rings (SSSR count). The number of nitrogens with one attached hydrogen (secondary N) is 1. The third-order valence-electron chi connectivity index (χ3n) is 3.30. The van der Waals surface area contributed by atoms with Crippen LogP contribution in [0.3, 0.4) is 0 Å². The standard InChI is InChI=1S/C14H23ClN6/c1-5-16-13(12-6-7-20(4)18-12)14-11(15)10-17-21(14)9-8-19(2)3/h6-7,10,13,16H,5,8-9H2,1-4H3. The highest BCUT2D eigenvalue weighted by Crippen LogP contribution is 2.27. The molecule has 2 heterocycles. The maximum Gasteiger partial charge on any atom is 0.0955 e. The van der Waals surface area contributed by atoms with E-state index in [-0.39, 0.29) is 6.04 Å². The molecule has 1 unspecified atom stereocenters. The van der Waals surface area contributed by atoms with Gasteiger partial charge in [0.25, 0.3) is 0 Å². The highest BCUT2D eigenvalue weighted by Gasteiger charge is 2.23. The van der Waals surface area contributed by atoms with Gasteiger partial charge in [0, 0.05) is 19.8 Å². The predicted octanol–water partition coefficient (Wildman–Crippen LogP) is 1.53. The molecule has 7 heteroatoms. The molecule has 0 radical (unpaired) electrons. The van der Waals surface area contributed by atoms with Crippen molar-refractivity contribution in [1.29, 1.82) is 0 Å². The molecule has 0 aliphatic rings. The lowest BCUT2D eigenvalue weighted by Crippen LogP contribution is -2.27. The summed E-state index contributed by atoms with van der Waals surface area (Å²) in [6, 6.07) is 1.96. The number of hydrogen-bond acceptors (Lipinski definition) is 4. The lowest BCUT2D eigenvalue weighted by Gasteiger charge is -2.19. The molecule has 0 fully saturated rings. The zero-order valence-corrected chi connectivity index (χ0v) is 13.8. The van der Waals surface area contributed by atoms with E-state index in [2.05, 4.69) is 27.3 Å². The highest BCUT2D eigenvalue weighted by atomic mass is 35.5. The molecule has 116 valence electrons. The minimum Gasteiger partial charge on any atom is -0.308 e. The number of hydrogen-bond donors (Lipinski definition) is 1. The van der Waals surface area contributed by atoms with E-state index in [4.69, 9.17) is 11.6 Å². The Hall–Kier alpha value is -1.37. The number of aryl methyl sites for hydroxylation is 1. The Kier molecular flexibility index (Phi) is 5.39. The number of halogens is 1. The van der Waals surface area contributed by atoms with Gasteiger partial charge >= 0.3 is 0 Å². The van der Waals surface area contributed by atoms with Gasteiger partial charge in [-0.05, 0) is 26.7 Å². The van der Waals surface area contributed by atoms with Crippen LogP contribution in [0.2, 0.25) is 5.02 Å². The molecule has 6 nitrogen and oxygen atoms in total. The summed E-state index contributed by atoms with van der Waals surface area (Å²) in [5.74, 6) is 0. The van der Waals surface area contributed by atoms with Crippen LogP contribution in [-0.2, 0) is 13.6 Å². The zero-order valence-electron chi connectivity index (χ0n) is 13.0. The van der Waals surface area contributed by atoms with E-state index < -0.39 is 0 Å². The fourth-order valence-electron chi connectivity index (χ4n) is 2.26. The molecule has 0 saturated heterocycles. The summed E-state index contributed by atoms with van der Waals surface area (Å²) >= 11 is 6.38. The van der Waals surface area contributed by atoms with Gasteiger partial charge in [-0.25, -0.2) is 0 Å². The normalized spacial score (nSPS) is 13.0. The Morgan fingerprint density at radius 3 is 2.76 bits per heavy atom. The summed E-state index contributed by atoms with van der Waals surface area (Å²) in [4.78, 5) is 2.13. The maximum atomic E-state index is 6.38. The summed E-state index contributed by atoms with van der Waals surface area (Å²) in [5.41, 5.74) is 1.92. The van der Waals surface area contributed by atoms with Gasteiger partial charge in [0.2, 0.25) is 0 Å². The second kappa shape index (κ2) is 7.06. The first-order valence-corrected chi connectivity index (χ1v) is 7.49. The van der Waals surface area contributed by atoms with Crippen molar-refractivity contribution < 1.29 is 0 Å². The molecule has 21 heavy (non-hydrogen) atoms. The molecular formula is C14H23ClN6. The molecule has 0 bridgehead atoms. The molecule has 0 spiro atoms. The summed E-state index contributed by atoms with van der Waals surface area (Å²) in [7, 11) is 6.01. The SMILES string of the molecule is CCNC(c1ccn(C)n1)c1c(Cl)cnn1CCN(C)C. The molecule has 0 saturated carbocycles. The van der Waals surface area contributed by atoms with Gasteiger partial charge < -0.3 is 10.2 Å². The second-order valence-corrected chi connectivity index (χ2v) is 5.72.